The first kappa shape index (κ1) is 13.1. The van der Waals surface area contributed by atoms with E-state index in [-0.39, 0.29) is 0 Å². The van der Waals surface area contributed by atoms with E-state index in [0.717, 1.165) is 24.9 Å². The van der Waals surface area contributed by atoms with Gasteiger partial charge in [0.1, 0.15) is 0 Å². The van der Waals surface area contributed by atoms with Gasteiger partial charge in [-0.2, -0.15) is 0 Å². The molecule has 0 bridgehead atoms. The van der Waals surface area contributed by atoms with Crippen molar-refractivity contribution in [2.45, 2.75) is 45.8 Å². The number of hydrogen-bond acceptors (Lipinski definition) is 2. The van der Waals surface area contributed by atoms with Crippen molar-refractivity contribution in [3.63, 3.8) is 0 Å². The van der Waals surface area contributed by atoms with E-state index in [9.17, 15) is 0 Å². The van der Waals surface area contributed by atoms with Crippen molar-refractivity contribution in [1.29, 1.82) is 0 Å². The van der Waals surface area contributed by atoms with Gasteiger partial charge in [-0.1, -0.05) is 38.1 Å². The summed E-state index contributed by atoms with van der Waals surface area (Å²) in [5, 5.41) is 3.60. The highest BCUT2D eigenvalue weighted by Gasteiger charge is 2.35. The molecule has 2 aliphatic heterocycles. The van der Waals surface area contributed by atoms with Crippen LogP contribution in [0.4, 0.5) is 0 Å². The first-order valence-corrected chi connectivity index (χ1v) is 7.71. The predicted octanol–water partition coefficient (Wildman–Crippen LogP) is 3.20. The third kappa shape index (κ3) is 2.44. The molecule has 2 heteroatoms. The second-order valence-electron chi connectivity index (χ2n) is 6.60. The van der Waals surface area contributed by atoms with Crippen LogP contribution < -0.4 is 5.32 Å². The van der Waals surface area contributed by atoms with E-state index in [4.69, 9.17) is 0 Å². The third-order valence-electron chi connectivity index (χ3n) is 5.11. The van der Waals surface area contributed by atoms with Gasteiger partial charge in [-0.25, -0.2) is 0 Å². The molecular formula is C17H26N2. The van der Waals surface area contributed by atoms with E-state index in [2.05, 4.69) is 55.3 Å². The Labute approximate surface area is 117 Å². The van der Waals surface area contributed by atoms with Gasteiger partial charge in [0.2, 0.25) is 0 Å². The van der Waals surface area contributed by atoms with Crippen LogP contribution in [0.5, 0.6) is 0 Å². The Balaban J connectivity index is 1.90. The van der Waals surface area contributed by atoms with Crippen LogP contribution in [-0.4, -0.2) is 24.0 Å². The number of rotatable bonds is 1. The summed E-state index contributed by atoms with van der Waals surface area (Å²) in [5.74, 6) is 1.62. The standard InChI is InChI=1S/C17H26N2/c1-12-8-13(2)14(3)19(11-12)17-10-18-9-15-6-4-5-7-16(15)17/h4-7,12-14,17-18H,8-11H2,1-3H3. The minimum Gasteiger partial charge on any atom is -0.311 e. The molecule has 0 amide bonds. The van der Waals surface area contributed by atoms with Crippen LogP contribution in [0, 0.1) is 11.8 Å². The molecule has 4 unspecified atom stereocenters. The highest BCUT2D eigenvalue weighted by Crippen LogP contribution is 2.35. The van der Waals surface area contributed by atoms with Crippen molar-refractivity contribution in [2.24, 2.45) is 11.8 Å². The molecule has 0 aromatic heterocycles. The maximum atomic E-state index is 3.60. The van der Waals surface area contributed by atoms with Gasteiger partial charge in [-0.15, -0.1) is 0 Å². The zero-order valence-electron chi connectivity index (χ0n) is 12.4. The highest BCUT2D eigenvalue weighted by molar-refractivity contribution is 5.32. The van der Waals surface area contributed by atoms with E-state index >= 15 is 0 Å². The summed E-state index contributed by atoms with van der Waals surface area (Å²) in [6.45, 7) is 10.6. The first-order chi connectivity index (χ1) is 9.16. The third-order valence-corrected chi connectivity index (χ3v) is 5.11. The van der Waals surface area contributed by atoms with Gasteiger partial charge in [0.05, 0.1) is 0 Å². The van der Waals surface area contributed by atoms with Crippen molar-refractivity contribution in [1.82, 2.24) is 10.2 Å². The summed E-state index contributed by atoms with van der Waals surface area (Å²) in [4.78, 5) is 2.74. The SMILES string of the molecule is CC1CC(C)C(C)N(C2CNCc3ccccc32)C1. The average Bonchev–Trinajstić information content (AvgIpc) is 2.42. The molecule has 1 saturated heterocycles. The molecule has 0 spiro atoms. The maximum absolute atomic E-state index is 3.60. The summed E-state index contributed by atoms with van der Waals surface area (Å²) < 4.78 is 0. The Kier molecular flexibility index (Phi) is 3.64. The Morgan fingerprint density at radius 2 is 1.95 bits per heavy atom. The molecule has 4 atom stereocenters. The van der Waals surface area contributed by atoms with Crippen molar-refractivity contribution < 1.29 is 0 Å². The number of hydrogen-bond donors (Lipinski definition) is 1. The van der Waals surface area contributed by atoms with Gasteiger partial charge in [-0.05, 0) is 36.3 Å². The summed E-state index contributed by atoms with van der Waals surface area (Å²) in [5.41, 5.74) is 3.03. The number of likely N-dealkylation sites (tertiary alicyclic amines) is 1. The molecule has 1 N–H and O–H groups in total. The number of piperidine rings is 1. The van der Waals surface area contributed by atoms with E-state index in [1.165, 1.54) is 18.5 Å². The van der Waals surface area contributed by atoms with Crippen molar-refractivity contribution in [3.8, 4) is 0 Å². The van der Waals surface area contributed by atoms with Crippen LogP contribution in [0.15, 0.2) is 24.3 Å². The van der Waals surface area contributed by atoms with Gasteiger partial charge in [0.25, 0.3) is 0 Å². The molecule has 0 aliphatic carbocycles. The lowest BCUT2D eigenvalue weighted by Crippen LogP contribution is -2.51. The zero-order chi connectivity index (χ0) is 13.4. The van der Waals surface area contributed by atoms with Gasteiger partial charge >= 0.3 is 0 Å². The lowest BCUT2D eigenvalue weighted by Gasteiger charge is -2.47. The average molecular weight is 258 g/mol. The molecule has 2 nitrogen and oxygen atoms in total. The largest absolute Gasteiger partial charge is 0.311 e. The van der Waals surface area contributed by atoms with E-state index in [1.807, 2.05) is 0 Å². The second-order valence-corrected chi connectivity index (χ2v) is 6.60. The van der Waals surface area contributed by atoms with E-state index in [1.54, 1.807) is 5.56 Å². The number of fused-ring (bicyclic) bond motifs is 1. The molecule has 2 heterocycles. The fourth-order valence-corrected chi connectivity index (χ4v) is 3.94. The smallest absolute Gasteiger partial charge is 0.0479 e. The quantitative estimate of drug-likeness (QED) is 0.832. The van der Waals surface area contributed by atoms with Crippen LogP contribution in [0.1, 0.15) is 44.4 Å². The monoisotopic (exact) mass is 258 g/mol. The number of nitrogens with zero attached hydrogens (tertiary/aromatic N) is 1. The number of benzene rings is 1. The molecular weight excluding hydrogens is 232 g/mol. The molecule has 3 rings (SSSR count). The van der Waals surface area contributed by atoms with Gasteiger partial charge in [-0.3, -0.25) is 4.90 Å². The van der Waals surface area contributed by atoms with Crippen LogP contribution in [-0.2, 0) is 6.54 Å². The summed E-state index contributed by atoms with van der Waals surface area (Å²) in [6, 6.07) is 10.2. The van der Waals surface area contributed by atoms with Gasteiger partial charge in [0, 0.05) is 31.7 Å². The molecule has 0 saturated carbocycles. The molecule has 1 aromatic carbocycles. The molecule has 19 heavy (non-hydrogen) atoms. The zero-order valence-corrected chi connectivity index (χ0v) is 12.4. The fraction of sp³-hybridized carbons (Fsp3) is 0.647. The van der Waals surface area contributed by atoms with Crippen molar-refractivity contribution in [2.75, 3.05) is 13.1 Å². The van der Waals surface area contributed by atoms with Crippen molar-refractivity contribution in [3.05, 3.63) is 35.4 Å². The maximum Gasteiger partial charge on any atom is 0.0479 e. The normalized spacial score (nSPS) is 35.9. The minimum atomic E-state index is 0.560. The molecule has 0 radical (unpaired) electrons. The Morgan fingerprint density at radius 1 is 1.16 bits per heavy atom. The lowest BCUT2D eigenvalue weighted by molar-refractivity contribution is 0.0365. The van der Waals surface area contributed by atoms with E-state index in [0.29, 0.717) is 12.1 Å². The van der Waals surface area contributed by atoms with Crippen LogP contribution in [0.3, 0.4) is 0 Å². The first-order valence-electron chi connectivity index (χ1n) is 7.71. The van der Waals surface area contributed by atoms with Crippen molar-refractivity contribution >= 4 is 0 Å². The van der Waals surface area contributed by atoms with E-state index < -0.39 is 0 Å². The van der Waals surface area contributed by atoms with Gasteiger partial charge in [0.15, 0.2) is 0 Å². The summed E-state index contributed by atoms with van der Waals surface area (Å²) >= 11 is 0. The molecule has 1 fully saturated rings. The topological polar surface area (TPSA) is 15.3 Å². The number of nitrogens with one attached hydrogen (secondary N) is 1. The summed E-state index contributed by atoms with van der Waals surface area (Å²) in [7, 11) is 0. The Hall–Kier alpha value is -0.860. The minimum absolute atomic E-state index is 0.560. The highest BCUT2D eigenvalue weighted by atomic mass is 15.2. The van der Waals surface area contributed by atoms with Gasteiger partial charge < -0.3 is 5.32 Å². The molecule has 1 aromatic rings. The molecule has 2 aliphatic rings. The predicted molar refractivity (Wildman–Crippen MR) is 80.0 cm³/mol. The van der Waals surface area contributed by atoms with Crippen LogP contribution in [0.2, 0.25) is 0 Å². The Bertz CT molecular complexity index is 443. The Morgan fingerprint density at radius 3 is 2.79 bits per heavy atom. The summed E-state index contributed by atoms with van der Waals surface area (Å²) in [6.07, 6.45) is 1.37. The van der Waals surface area contributed by atoms with Crippen LogP contribution in [0.25, 0.3) is 0 Å². The van der Waals surface area contributed by atoms with Crippen LogP contribution >= 0.6 is 0 Å². The lowest BCUT2D eigenvalue weighted by atomic mass is 9.83. The molecule has 104 valence electrons. The second kappa shape index (κ2) is 5.26. The fourth-order valence-electron chi connectivity index (χ4n) is 3.94.